The predicted molar refractivity (Wildman–Crippen MR) is 90.2 cm³/mol. The van der Waals surface area contributed by atoms with Gasteiger partial charge in [-0.2, -0.15) is 0 Å². The van der Waals surface area contributed by atoms with E-state index in [1.54, 1.807) is 0 Å². The zero-order valence-corrected chi connectivity index (χ0v) is 13.4. The number of anilines is 3. The summed E-state index contributed by atoms with van der Waals surface area (Å²) in [5.74, 6) is 0. The van der Waals surface area contributed by atoms with E-state index in [-0.39, 0.29) is 0 Å². The highest BCUT2D eigenvalue weighted by Gasteiger charge is 2.59. The summed E-state index contributed by atoms with van der Waals surface area (Å²) in [6.45, 7) is 4.62. The molecular formula is C18H17N3S. The van der Waals surface area contributed by atoms with Gasteiger partial charge in [0.2, 0.25) is 0 Å². The smallest absolute Gasteiger partial charge is 0.124 e. The second kappa shape index (κ2) is 3.63. The van der Waals surface area contributed by atoms with Crippen LogP contribution in [0.2, 0.25) is 0 Å². The molecule has 0 saturated carbocycles. The summed E-state index contributed by atoms with van der Waals surface area (Å²) in [6.07, 6.45) is 0.427. The maximum absolute atomic E-state index is 3.74. The molecule has 0 bridgehead atoms. The third-order valence-corrected chi connectivity index (χ3v) is 6.47. The number of nitrogens with zero attached hydrogens (tertiary/aromatic N) is 2. The number of nitrogens with one attached hydrogen (secondary N) is 1. The van der Waals surface area contributed by atoms with Gasteiger partial charge in [0, 0.05) is 15.8 Å². The van der Waals surface area contributed by atoms with E-state index >= 15 is 0 Å². The number of fused-ring (bicyclic) bond motifs is 3. The standard InChI is InChI=1S/C18H17N3S/c1-9(2)20-11-6-4-8-13-17(11)21-16-10(5-3-7-12(16)22-13)14-15(19-14)18(20)21/h3-9,14-15,18-19H,1-2H3. The maximum Gasteiger partial charge on any atom is 0.124 e. The lowest BCUT2D eigenvalue weighted by atomic mass is 9.99. The summed E-state index contributed by atoms with van der Waals surface area (Å²) < 4.78 is 0. The van der Waals surface area contributed by atoms with Gasteiger partial charge in [0.05, 0.1) is 29.1 Å². The van der Waals surface area contributed by atoms with Gasteiger partial charge in [-0.05, 0) is 37.6 Å². The quantitative estimate of drug-likeness (QED) is 0.810. The van der Waals surface area contributed by atoms with Crippen LogP contribution in [-0.4, -0.2) is 18.2 Å². The number of hydrogen-bond donors (Lipinski definition) is 1. The lowest BCUT2D eigenvalue weighted by Gasteiger charge is -2.40. The van der Waals surface area contributed by atoms with Crippen molar-refractivity contribution in [3.63, 3.8) is 0 Å². The van der Waals surface area contributed by atoms with Crippen LogP contribution in [0, 0.1) is 0 Å². The third kappa shape index (κ3) is 1.18. The molecule has 0 amide bonds. The zero-order chi connectivity index (χ0) is 14.6. The van der Waals surface area contributed by atoms with E-state index in [0.717, 1.165) is 0 Å². The Morgan fingerprint density at radius 3 is 2.64 bits per heavy atom. The Balaban J connectivity index is 1.72. The van der Waals surface area contributed by atoms with Gasteiger partial charge in [0.25, 0.3) is 0 Å². The highest BCUT2D eigenvalue weighted by molar-refractivity contribution is 7.99. The minimum absolute atomic E-state index is 0.427. The molecule has 6 rings (SSSR count). The lowest BCUT2D eigenvalue weighted by molar-refractivity contribution is 0.543. The molecule has 1 saturated heterocycles. The van der Waals surface area contributed by atoms with Crippen molar-refractivity contribution in [1.82, 2.24) is 5.32 Å². The second-order valence-electron chi connectivity index (χ2n) is 6.87. The molecule has 4 aliphatic rings. The van der Waals surface area contributed by atoms with E-state index in [1.165, 1.54) is 32.4 Å². The first-order chi connectivity index (χ1) is 10.8. The molecule has 3 nitrogen and oxygen atoms in total. The first-order valence-electron chi connectivity index (χ1n) is 8.03. The number of benzene rings is 2. The van der Waals surface area contributed by atoms with Crippen LogP contribution in [0.3, 0.4) is 0 Å². The molecule has 3 atom stereocenters. The topological polar surface area (TPSA) is 28.4 Å². The normalized spacial score (nSPS) is 28.8. The van der Waals surface area contributed by atoms with Gasteiger partial charge in [0.1, 0.15) is 6.17 Å². The molecular weight excluding hydrogens is 290 g/mol. The average Bonchev–Trinajstić information content (AvgIpc) is 3.23. The van der Waals surface area contributed by atoms with Crippen LogP contribution in [-0.2, 0) is 0 Å². The molecule has 2 aromatic rings. The highest BCUT2D eigenvalue weighted by atomic mass is 32.2. The van der Waals surface area contributed by atoms with Crippen molar-refractivity contribution >= 4 is 28.8 Å². The van der Waals surface area contributed by atoms with Crippen LogP contribution >= 0.6 is 11.8 Å². The Bertz CT molecular complexity index is 831. The summed E-state index contributed by atoms with van der Waals surface area (Å²) in [5, 5.41) is 3.74. The van der Waals surface area contributed by atoms with Crippen molar-refractivity contribution in [3.05, 3.63) is 42.0 Å². The summed E-state index contributed by atoms with van der Waals surface area (Å²) >= 11 is 1.93. The monoisotopic (exact) mass is 307 g/mol. The molecule has 4 heterocycles. The minimum atomic E-state index is 0.427. The van der Waals surface area contributed by atoms with Crippen LogP contribution < -0.4 is 15.1 Å². The van der Waals surface area contributed by atoms with Gasteiger partial charge >= 0.3 is 0 Å². The van der Waals surface area contributed by atoms with Crippen molar-refractivity contribution in [1.29, 1.82) is 0 Å². The summed E-state index contributed by atoms with van der Waals surface area (Å²) in [6, 6.07) is 15.2. The molecule has 2 aromatic carbocycles. The molecule has 4 aliphatic heterocycles. The molecule has 0 spiro atoms. The Morgan fingerprint density at radius 1 is 1.05 bits per heavy atom. The van der Waals surface area contributed by atoms with E-state index in [4.69, 9.17) is 0 Å². The van der Waals surface area contributed by atoms with Gasteiger partial charge in [-0.25, -0.2) is 0 Å². The summed E-state index contributed by atoms with van der Waals surface area (Å²) in [4.78, 5) is 8.04. The van der Waals surface area contributed by atoms with E-state index in [0.29, 0.717) is 24.3 Å². The summed E-state index contributed by atoms with van der Waals surface area (Å²) in [7, 11) is 0. The Morgan fingerprint density at radius 2 is 1.82 bits per heavy atom. The first-order valence-corrected chi connectivity index (χ1v) is 8.85. The SMILES string of the molecule is CC(C)N1c2cccc3c2N2c4c(cccc4C4NC4C21)S3. The van der Waals surface area contributed by atoms with Gasteiger partial charge in [-0.3, -0.25) is 0 Å². The van der Waals surface area contributed by atoms with E-state index in [2.05, 4.69) is 65.4 Å². The maximum atomic E-state index is 3.74. The highest BCUT2D eigenvalue weighted by Crippen LogP contribution is 2.63. The van der Waals surface area contributed by atoms with Gasteiger partial charge in [-0.15, -0.1) is 0 Å². The van der Waals surface area contributed by atoms with Gasteiger partial charge in [0.15, 0.2) is 0 Å². The molecule has 110 valence electrons. The fourth-order valence-corrected chi connectivity index (χ4v) is 5.69. The number of para-hydroxylation sites is 2. The molecule has 4 heteroatoms. The van der Waals surface area contributed by atoms with Crippen LogP contribution in [0.5, 0.6) is 0 Å². The molecule has 22 heavy (non-hydrogen) atoms. The van der Waals surface area contributed by atoms with Crippen LogP contribution in [0.4, 0.5) is 17.1 Å². The van der Waals surface area contributed by atoms with Gasteiger partial charge < -0.3 is 15.1 Å². The van der Waals surface area contributed by atoms with E-state index < -0.39 is 0 Å². The van der Waals surface area contributed by atoms with Crippen molar-refractivity contribution in [2.24, 2.45) is 0 Å². The fourth-order valence-electron chi connectivity index (χ4n) is 4.55. The Hall–Kier alpha value is -1.65. The largest absolute Gasteiger partial charge is 0.345 e. The zero-order valence-electron chi connectivity index (χ0n) is 12.6. The van der Waals surface area contributed by atoms with Crippen molar-refractivity contribution in [2.75, 3.05) is 9.80 Å². The third-order valence-electron chi connectivity index (χ3n) is 5.37. The van der Waals surface area contributed by atoms with Crippen molar-refractivity contribution < 1.29 is 0 Å². The molecule has 0 radical (unpaired) electrons. The van der Waals surface area contributed by atoms with Crippen molar-refractivity contribution in [2.45, 2.75) is 47.9 Å². The van der Waals surface area contributed by atoms with Crippen LogP contribution in [0.25, 0.3) is 0 Å². The van der Waals surface area contributed by atoms with Gasteiger partial charge in [-0.1, -0.05) is 30.0 Å². The second-order valence-corrected chi connectivity index (χ2v) is 7.96. The van der Waals surface area contributed by atoms with E-state index in [1.807, 2.05) is 11.8 Å². The first kappa shape index (κ1) is 11.9. The van der Waals surface area contributed by atoms with Crippen molar-refractivity contribution in [3.8, 4) is 0 Å². The fraction of sp³-hybridized carbons (Fsp3) is 0.333. The average molecular weight is 307 g/mol. The molecule has 3 unspecified atom stereocenters. The van der Waals surface area contributed by atoms with Crippen LogP contribution in [0.15, 0.2) is 46.2 Å². The number of hydrogen-bond acceptors (Lipinski definition) is 4. The molecule has 0 aromatic heterocycles. The van der Waals surface area contributed by atoms with Crippen LogP contribution in [0.1, 0.15) is 25.5 Å². The lowest BCUT2D eigenvalue weighted by Crippen LogP contribution is -2.50. The molecule has 1 N–H and O–H groups in total. The Kier molecular flexibility index (Phi) is 1.96. The van der Waals surface area contributed by atoms with E-state index in [9.17, 15) is 0 Å². The molecule has 0 aliphatic carbocycles. The minimum Gasteiger partial charge on any atom is -0.345 e. The summed E-state index contributed by atoms with van der Waals surface area (Å²) in [5.41, 5.74) is 5.77. The molecule has 1 fully saturated rings. The number of rotatable bonds is 1. The predicted octanol–water partition coefficient (Wildman–Crippen LogP) is 3.87. The Labute approximate surface area is 134 Å².